The second-order valence-corrected chi connectivity index (χ2v) is 25.4. The van der Waals surface area contributed by atoms with Crippen LogP contribution in [0.2, 0.25) is 0 Å². The van der Waals surface area contributed by atoms with Crippen molar-refractivity contribution in [3.05, 3.63) is 212 Å². The van der Waals surface area contributed by atoms with E-state index in [0.29, 0.717) is 26.4 Å². The smallest absolute Gasteiger partial charge is 0.119 e. The van der Waals surface area contributed by atoms with Crippen molar-refractivity contribution in [1.29, 1.82) is 0 Å². The molecule has 82 heavy (non-hydrogen) atoms. The summed E-state index contributed by atoms with van der Waals surface area (Å²) in [5.41, 5.74) is 12.3. The Morgan fingerprint density at radius 2 is 0.512 bits per heavy atom. The van der Waals surface area contributed by atoms with E-state index in [4.69, 9.17) is 18.9 Å². The van der Waals surface area contributed by atoms with Gasteiger partial charge in [0, 0.05) is 85.7 Å². The van der Waals surface area contributed by atoms with Gasteiger partial charge in [-0.1, -0.05) is 94.0 Å². The van der Waals surface area contributed by atoms with Crippen LogP contribution in [0.15, 0.2) is 146 Å². The fourth-order valence-electron chi connectivity index (χ4n) is 10.9. The van der Waals surface area contributed by atoms with E-state index in [-0.39, 0.29) is 0 Å². The third-order valence-electron chi connectivity index (χ3n) is 15.2. The molecular formula is C71H92N7O4+3. The molecule has 0 spiro atoms. The average Bonchev–Trinajstić information content (AvgIpc) is 4.49. The average molecular weight is 1110 g/mol. The Labute approximate surface area is 488 Å². The monoisotopic (exact) mass is 1110 g/mol. The molecule has 1 aliphatic rings. The Morgan fingerprint density at radius 3 is 0.768 bits per heavy atom. The molecule has 11 heteroatoms. The number of aromatic amines is 4. The van der Waals surface area contributed by atoms with Crippen LogP contribution < -0.4 is 40.3 Å². The van der Waals surface area contributed by atoms with Crippen LogP contribution in [0.25, 0.3) is 22.3 Å². The number of quaternary nitrogens is 3. The fraction of sp³-hybridized carbons (Fsp3) is 0.380. The van der Waals surface area contributed by atoms with Crippen LogP contribution in [0.5, 0.6) is 23.0 Å². The van der Waals surface area contributed by atoms with Crippen molar-refractivity contribution < 1.29 is 32.4 Å². The molecule has 1 aliphatic heterocycles. The van der Waals surface area contributed by atoms with Crippen LogP contribution in [0.4, 0.5) is 0 Å². The van der Waals surface area contributed by atoms with Gasteiger partial charge in [0.05, 0.1) is 109 Å². The predicted octanol–water partition coefficient (Wildman–Crippen LogP) is 10.9. The summed E-state index contributed by atoms with van der Waals surface area (Å²) in [6.07, 6.45) is 11.7. The van der Waals surface area contributed by atoms with E-state index in [1.54, 1.807) is 0 Å². The second kappa shape index (κ2) is 27.1. The fourth-order valence-corrected chi connectivity index (χ4v) is 10.9. The third-order valence-corrected chi connectivity index (χ3v) is 15.2. The van der Waals surface area contributed by atoms with E-state index >= 15 is 0 Å². The highest BCUT2D eigenvalue weighted by atomic mass is 16.5. The summed E-state index contributed by atoms with van der Waals surface area (Å²) in [4.78, 5) is 15.9. The zero-order valence-electron chi connectivity index (χ0n) is 50.9. The van der Waals surface area contributed by atoms with Gasteiger partial charge in [-0.3, -0.25) is 0 Å². The molecule has 8 bridgehead atoms. The predicted molar refractivity (Wildman–Crippen MR) is 336 cm³/mol. The largest absolute Gasteiger partial charge is 0.494 e. The van der Waals surface area contributed by atoms with E-state index in [0.717, 1.165) is 170 Å². The maximum Gasteiger partial charge on any atom is 0.119 e. The minimum absolute atomic E-state index is 0.663. The quantitative estimate of drug-likeness (QED) is 0.0290. The molecule has 4 aromatic carbocycles. The van der Waals surface area contributed by atoms with Gasteiger partial charge < -0.3 is 52.3 Å². The Morgan fingerprint density at radius 1 is 0.268 bits per heavy atom. The van der Waals surface area contributed by atoms with E-state index in [1.807, 2.05) is 0 Å². The number of nitrogens with one attached hydrogen (secondary N) is 4. The summed E-state index contributed by atoms with van der Waals surface area (Å²) in [5, 5.41) is 3.92. The zero-order valence-corrected chi connectivity index (χ0v) is 50.9. The first-order chi connectivity index (χ1) is 39.5. The normalized spacial score (nSPS) is 13.0. The van der Waals surface area contributed by atoms with E-state index < -0.39 is 0 Å². The Balaban J connectivity index is 1.18. The van der Waals surface area contributed by atoms with Gasteiger partial charge in [0.15, 0.2) is 0 Å². The topological polar surface area (TPSA) is 100 Å². The van der Waals surface area contributed by atoms with Crippen LogP contribution in [0, 0.1) is 0 Å². The van der Waals surface area contributed by atoms with Crippen molar-refractivity contribution in [2.24, 2.45) is 0 Å². The van der Waals surface area contributed by atoms with E-state index in [1.165, 1.54) is 38.5 Å². The first-order valence-electron chi connectivity index (χ1n) is 30.1. The van der Waals surface area contributed by atoms with Crippen molar-refractivity contribution in [3.8, 4) is 23.0 Å². The number of ether oxygens (including phenoxy) is 4. The van der Waals surface area contributed by atoms with Crippen molar-refractivity contribution in [1.82, 2.24) is 19.9 Å². The van der Waals surface area contributed by atoms with Gasteiger partial charge in [0.25, 0.3) is 0 Å². The van der Waals surface area contributed by atoms with Crippen molar-refractivity contribution >= 4 is 22.3 Å². The summed E-state index contributed by atoms with van der Waals surface area (Å²) >= 11 is 0. The Hall–Kier alpha value is -7.44. The molecule has 0 atom stereocenters. The summed E-state index contributed by atoms with van der Waals surface area (Å²) in [6.45, 7) is 8.10. The Bertz CT molecular complexity index is 3560. The molecule has 0 amide bonds. The second-order valence-electron chi connectivity index (χ2n) is 25.4. The molecule has 8 aromatic rings. The van der Waals surface area contributed by atoms with E-state index in [2.05, 4.69) is 236 Å². The van der Waals surface area contributed by atoms with Crippen molar-refractivity contribution in [2.75, 3.05) is 109 Å². The minimum atomic E-state index is 0.663. The minimum Gasteiger partial charge on any atom is -0.494 e. The molecule has 11 nitrogen and oxygen atoms in total. The number of hydrogen-bond donors (Lipinski definition) is 4. The van der Waals surface area contributed by atoms with Crippen molar-refractivity contribution in [3.63, 3.8) is 0 Å². The molecule has 0 radical (unpaired) electrons. The number of H-pyrrole nitrogens is 4. The molecule has 0 fully saturated rings. The molecule has 0 saturated carbocycles. The van der Waals surface area contributed by atoms with Gasteiger partial charge in [0.1, 0.15) is 23.0 Å². The summed E-state index contributed by atoms with van der Waals surface area (Å²) in [6, 6.07) is 52.0. The lowest BCUT2D eigenvalue weighted by molar-refractivity contribution is -0.870. The number of fused-ring (bicyclic) bond motifs is 8. The molecule has 0 saturated heterocycles. The number of aromatic nitrogens is 4. The number of hydrogen-bond acceptors (Lipinski definition) is 4. The molecule has 0 unspecified atom stereocenters. The SMILES string of the molecule is CCCCCCCCCOc1ccc(C2=c3ccc([nH]3)=C(c3ccc(OCCC[N+](C)(C)C)cc3)c3ccc([nH]3)C(c3ccc(OCCC[N+](C)(C)C)cc3)=c3ccc([nH]3)=C(c3ccc(OCCC[N+](C)(C)C)cc3)c3ccc2[nH]3)cc1. The van der Waals surface area contributed by atoms with Gasteiger partial charge in [0.2, 0.25) is 0 Å². The van der Waals surface area contributed by atoms with Crippen LogP contribution >= 0.6 is 0 Å². The summed E-state index contributed by atoms with van der Waals surface area (Å²) in [7, 11) is 20.0. The van der Waals surface area contributed by atoms with Crippen LogP contribution in [-0.4, -0.2) is 143 Å². The number of unbranched alkanes of at least 4 members (excludes halogenated alkanes) is 6. The maximum absolute atomic E-state index is 6.35. The first-order valence-corrected chi connectivity index (χ1v) is 30.1. The highest BCUT2D eigenvalue weighted by Crippen LogP contribution is 2.31. The van der Waals surface area contributed by atoms with Crippen LogP contribution in [0.1, 0.15) is 116 Å². The van der Waals surface area contributed by atoms with Gasteiger partial charge in [-0.2, -0.15) is 0 Å². The lowest BCUT2D eigenvalue weighted by Crippen LogP contribution is -2.36. The molecule has 4 aromatic heterocycles. The zero-order chi connectivity index (χ0) is 57.7. The third kappa shape index (κ3) is 16.4. The molecule has 5 heterocycles. The standard InChI is InChI=1S/C71H92N7O4/c1-11-12-13-14-15-16-17-48-79-56-29-21-52(22-30-56)68-60-37-39-62(72-60)69(53-23-31-57(32-24-53)80-49-18-45-76(2,3)4)64-41-43-66(74-64)71(55-27-35-59(36-28-55)82-51-20-47-78(8,9)10)67-44-42-65(75-67)70(63-40-38-61(68)73-63)54-25-33-58(34-26-54)81-50-19-46-77(5,6)7/h21-44,72-75H,11-20,45-51H2,1-10H3/q+3. The number of benzene rings is 4. The molecule has 4 N–H and O–H groups in total. The highest BCUT2D eigenvalue weighted by Gasteiger charge is 2.20. The van der Waals surface area contributed by atoms with Gasteiger partial charge in [-0.25, -0.2) is 0 Å². The van der Waals surface area contributed by atoms with Crippen molar-refractivity contribution in [2.45, 2.75) is 71.1 Å². The van der Waals surface area contributed by atoms with Gasteiger partial charge >= 0.3 is 0 Å². The molecule has 432 valence electrons. The van der Waals surface area contributed by atoms with Crippen LogP contribution in [0.3, 0.4) is 0 Å². The summed E-state index contributed by atoms with van der Waals surface area (Å²) in [5.74, 6) is 3.45. The number of rotatable bonds is 28. The van der Waals surface area contributed by atoms with Crippen LogP contribution in [-0.2, 0) is 0 Å². The lowest BCUT2D eigenvalue weighted by atomic mass is 10.0. The maximum atomic E-state index is 6.35. The first kappa shape index (κ1) is 59.2. The number of nitrogens with zero attached hydrogens (tertiary/aromatic N) is 3. The van der Waals surface area contributed by atoms with Gasteiger partial charge in [-0.15, -0.1) is 0 Å². The highest BCUT2D eigenvalue weighted by molar-refractivity contribution is 5.85. The molecule has 0 aliphatic carbocycles. The summed E-state index contributed by atoms with van der Waals surface area (Å²) < 4.78 is 28.0. The Kier molecular flexibility index (Phi) is 19.6. The molecular weight excluding hydrogens is 1010 g/mol. The lowest BCUT2D eigenvalue weighted by Gasteiger charge is -2.23. The molecule has 9 rings (SSSR count). The van der Waals surface area contributed by atoms with Gasteiger partial charge in [-0.05, 0) is 126 Å². The van der Waals surface area contributed by atoms with E-state index in [9.17, 15) is 0 Å².